The monoisotopic (exact) mass is 443 g/mol. The molecule has 0 bridgehead atoms. The summed E-state index contributed by atoms with van der Waals surface area (Å²) in [6.07, 6.45) is -2.96. The Labute approximate surface area is 192 Å². The van der Waals surface area contributed by atoms with Crippen LogP contribution in [0.3, 0.4) is 0 Å². The van der Waals surface area contributed by atoms with Crippen LogP contribution in [0.1, 0.15) is 40.7 Å². The highest BCUT2D eigenvalue weighted by Crippen LogP contribution is 2.44. The van der Waals surface area contributed by atoms with Gasteiger partial charge in [-0.2, -0.15) is 5.26 Å². The maximum absolute atomic E-state index is 12.2. The second-order valence-corrected chi connectivity index (χ2v) is 8.01. The zero-order valence-electron chi connectivity index (χ0n) is 17.9. The van der Waals surface area contributed by atoms with Crippen LogP contribution in [0, 0.1) is 11.3 Å². The first-order chi connectivity index (χ1) is 16.0. The number of carbonyl (C=O) groups is 1. The molecular formula is C26H25N3O4. The third kappa shape index (κ3) is 4.67. The highest BCUT2D eigenvalue weighted by Gasteiger charge is 2.29. The summed E-state index contributed by atoms with van der Waals surface area (Å²) in [5.74, 6) is -0.0366. The number of alkyl carbamates (subject to hydrolysis) is 1. The average Bonchev–Trinajstić information content (AvgIpc) is 3.16. The number of aliphatic hydroxyl groups excluding tert-OH is 2. The Kier molecular flexibility index (Phi) is 6.59. The molecule has 2 unspecified atom stereocenters. The van der Waals surface area contributed by atoms with Crippen LogP contribution in [0.2, 0.25) is 0 Å². The minimum Gasteiger partial charge on any atom is -0.449 e. The topological polar surface area (TPSA) is 129 Å². The standard InChI is InChI=1S/C26H25N3O4/c27-14-16-13-17(28)9-10-18(16)25(31)24(30)11-12-29-26(32)33-15-23-21-7-3-1-5-19(21)20-6-2-4-8-22(20)23/h1-10,13,23-25,30-31H,11-12,15,28H2,(H,29,32). The summed E-state index contributed by atoms with van der Waals surface area (Å²) in [5, 5.41) is 32.5. The maximum Gasteiger partial charge on any atom is 0.407 e. The van der Waals surface area contributed by atoms with Crippen molar-refractivity contribution in [2.75, 3.05) is 18.9 Å². The molecule has 7 nitrogen and oxygen atoms in total. The lowest BCUT2D eigenvalue weighted by molar-refractivity contribution is 0.0135. The Morgan fingerprint density at radius 2 is 1.70 bits per heavy atom. The van der Waals surface area contributed by atoms with E-state index >= 15 is 0 Å². The summed E-state index contributed by atoms with van der Waals surface area (Å²) < 4.78 is 5.47. The molecule has 3 aromatic carbocycles. The smallest absolute Gasteiger partial charge is 0.407 e. The lowest BCUT2D eigenvalue weighted by Crippen LogP contribution is -2.30. The molecule has 4 rings (SSSR count). The Hall–Kier alpha value is -3.86. The molecule has 5 N–H and O–H groups in total. The van der Waals surface area contributed by atoms with E-state index in [4.69, 9.17) is 10.5 Å². The van der Waals surface area contributed by atoms with E-state index in [1.807, 2.05) is 42.5 Å². The van der Waals surface area contributed by atoms with Crippen molar-refractivity contribution >= 4 is 11.8 Å². The molecule has 0 radical (unpaired) electrons. The summed E-state index contributed by atoms with van der Waals surface area (Å²) in [7, 11) is 0. The molecule has 168 valence electrons. The van der Waals surface area contributed by atoms with Crippen molar-refractivity contribution in [2.45, 2.75) is 24.5 Å². The van der Waals surface area contributed by atoms with Crippen molar-refractivity contribution in [1.29, 1.82) is 5.26 Å². The zero-order chi connectivity index (χ0) is 23.4. The molecule has 0 saturated heterocycles. The van der Waals surface area contributed by atoms with Crippen molar-refractivity contribution in [2.24, 2.45) is 0 Å². The van der Waals surface area contributed by atoms with Gasteiger partial charge in [0.2, 0.25) is 0 Å². The van der Waals surface area contributed by atoms with Crippen molar-refractivity contribution in [3.05, 3.63) is 89.0 Å². The molecule has 0 aliphatic heterocycles. The number of nitrogens with zero attached hydrogens (tertiary/aromatic N) is 1. The van der Waals surface area contributed by atoms with Gasteiger partial charge >= 0.3 is 6.09 Å². The van der Waals surface area contributed by atoms with Gasteiger partial charge in [-0.3, -0.25) is 0 Å². The molecule has 33 heavy (non-hydrogen) atoms. The molecule has 3 aromatic rings. The largest absolute Gasteiger partial charge is 0.449 e. The molecule has 0 heterocycles. The summed E-state index contributed by atoms with van der Waals surface area (Å²) in [6.45, 7) is 0.299. The number of rotatable bonds is 7. The molecule has 7 heteroatoms. The van der Waals surface area contributed by atoms with Crippen LogP contribution < -0.4 is 11.1 Å². The van der Waals surface area contributed by atoms with Crippen LogP contribution in [0.25, 0.3) is 11.1 Å². The number of fused-ring (bicyclic) bond motifs is 3. The summed E-state index contributed by atoms with van der Waals surface area (Å²) in [4.78, 5) is 12.2. The first kappa shape index (κ1) is 22.3. The number of nitriles is 1. The fraction of sp³-hybridized carbons (Fsp3) is 0.231. The lowest BCUT2D eigenvalue weighted by atomic mass is 9.97. The van der Waals surface area contributed by atoms with Crippen LogP contribution in [-0.2, 0) is 4.74 Å². The molecule has 1 amide bonds. The van der Waals surface area contributed by atoms with Gasteiger partial charge in [-0.15, -0.1) is 0 Å². The number of benzene rings is 3. The number of anilines is 1. The van der Waals surface area contributed by atoms with Crippen LogP contribution in [0.15, 0.2) is 66.7 Å². The second-order valence-electron chi connectivity index (χ2n) is 8.01. The van der Waals surface area contributed by atoms with Gasteiger partial charge < -0.3 is 26.0 Å². The molecule has 0 fully saturated rings. The number of hydrogen-bond donors (Lipinski definition) is 4. The van der Waals surface area contributed by atoms with Gasteiger partial charge in [-0.1, -0.05) is 54.6 Å². The minimum atomic E-state index is -1.27. The number of nitrogens with one attached hydrogen (secondary N) is 1. The first-order valence-electron chi connectivity index (χ1n) is 10.7. The van der Waals surface area contributed by atoms with Gasteiger partial charge in [0.05, 0.1) is 17.7 Å². The van der Waals surface area contributed by atoms with Crippen molar-refractivity contribution in [3.8, 4) is 17.2 Å². The molecule has 0 saturated carbocycles. The Morgan fingerprint density at radius 3 is 2.33 bits per heavy atom. The number of nitrogens with two attached hydrogens (primary N) is 1. The predicted octanol–water partition coefficient (Wildman–Crippen LogP) is 3.46. The van der Waals surface area contributed by atoms with Gasteiger partial charge in [0, 0.05) is 23.7 Å². The molecule has 0 spiro atoms. The van der Waals surface area contributed by atoms with Crippen molar-refractivity contribution < 1.29 is 19.7 Å². The fourth-order valence-electron chi connectivity index (χ4n) is 4.27. The fourth-order valence-corrected chi connectivity index (χ4v) is 4.27. The summed E-state index contributed by atoms with van der Waals surface area (Å²) in [5.41, 5.74) is 11.1. The van der Waals surface area contributed by atoms with Crippen LogP contribution in [-0.4, -0.2) is 35.6 Å². The number of amides is 1. The van der Waals surface area contributed by atoms with Crippen LogP contribution in [0.5, 0.6) is 0 Å². The first-order valence-corrected chi connectivity index (χ1v) is 10.7. The quantitative estimate of drug-likeness (QED) is 0.414. The molecule has 1 aliphatic rings. The van der Waals surface area contributed by atoms with Gasteiger partial charge in [0.1, 0.15) is 12.7 Å². The third-order valence-electron chi connectivity index (χ3n) is 5.93. The number of ether oxygens (including phenoxy) is 1. The van der Waals surface area contributed by atoms with E-state index < -0.39 is 18.3 Å². The van der Waals surface area contributed by atoms with Gasteiger partial charge in [0.15, 0.2) is 0 Å². The van der Waals surface area contributed by atoms with E-state index in [1.165, 1.54) is 12.1 Å². The van der Waals surface area contributed by atoms with E-state index in [1.54, 1.807) is 6.07 Å². The minimum absolute atomic E-state index is 0.0366. The van der Waals surface area contributed by atoms with Crippen molar-refractivity contribution in [1.82, 2.24) is 5.32 Å². The number of aliphatic hydroxyl groups is 2. The summed E-state index contributed by atoms with van der Waals surface area (Å²) >= 11 is 0. The predicted molar refractivity (Wildman–Crippen MR) is 124 cm³/mol. The van der Waals surface area contributed by atoms with Gasteiger partial charge in [-0.05, 0) is 40.8 Å². The average molecular weight is 444 g/mol. The van der Waals surface area contributed by atoms with E-state index in [0.29, 0.717) is 11.3 Å². The zero-order valence-corrected chi connectivity index (χ0v) is 17.9. The SMILES string of the molecule is N#Cc1cc(N)ccc1C(O)C(O)CCNC(=O)OCC1c2ccccc2-c2ccccc21. The van der Waals surface area contributed by atoms with Crippen LogP contribution in [0.4, 0.5) is 10.5 Å². The van der Waals surface area contributed by atoms with Crippen molar-refractivity contribution in [3.63, 3.8) is 0 Å². The second kappa shape index (κ2) is 9.74. The van der Waals surface area contributed by atoms with E-state index in [2.05, 4.69) is 17.4 Å². The summed E-state index contributed by atoms with van der Waals surface area (Å²) in [6, 6.07) is 22.7. The normalized spacial score (nSPS) is 14.0. The number of carbonyl (C=O) groups excluding carboxylic acids is 1. The van der Waals surface area contributed by atoms with Gasteiger partial charge in [0.25, 0.3) is 0 Å². The molecule has 2 atom stereocenters. The highest BCUT2D eigenvalue weighted by molar-refractivity contribution is 5.79. The highest BCUT2D eigenvalue weighted by atomic mass is 16.5. The number of nitrogen functional groups attached to an aromatic ring is 1. The lowest BCUT2D eigenvalue weighted by Gasteiger charge is -2.20. The van der Waals surface area contributed by atoms with Crippen LogP contribution >= 0.6 is 0 Å². The molecular weight excluding hydrogens is 418 g/mol. The Bertz CT molecular complexity index is 1160. The molecule has 0 aromatic heterocycles. The maximum atomic E-state index is 12.2. The Balaban J connectivity index is 1.30. The van der Waals surface area contributed by atoms with E-state index in [0.717, 1.165) is 22.3 Å². The third-order valence-corrected chi connectivity index (χ3v) is 5.93. The number of hydrogen-bond acceptors (Lipinski definition) is 6. The van der Waals surface area contributed by atoms with E-state index in [-0.39, 0.29) is 31.1 Å². The Morgan fingerprint density at radius 1 is 1.06 bits per heavy atom. The van der Waals surface area contributed by atoms with Gasteiger partial charge in [-0.25, -0.2) is 4.79 Å². The molecule has 1 aliphatic carbocycles. The van der Waals surface area contributed by atoms with E-state index in [9.17, 15) is 20.3 Å².